The molecule has 0 fully saturated rings. The van der Waals surface area contributed by atoms with Crippen LogP contribution in [0.1, 0.15) is 24.9 Å². The molecule has 0 saturated carbocycles. The van der Waals surface area contributed by atoms with Crippen LogP contribution in [0.3, 0.4) is 0 Å². The molecular weight excluding hydrogens is 262 g/mol. The van der Waals surface area contributed by atoms with Gasteiger partial charge >= 0.3 is 0 Å². The van der Waals surface area contributed by atoms with Crippen LogP contribution >= 0.6 is 0 Å². The number of benzene rings is 1. The smallest absolute Gasteiger partial charge is 0.147 e. The molecule has 2 rings (SSSR count). The number of aromatic hydroxyl groups is 1. The van der Waals surface area contributed by atoms with E-state index in [0.29, 0.717) is 11.3 Å². The third-order valence-corrected chi connectivity index (χ3v) is 3.33. The number of phenols is 1. The van der Waals surface area contributed by atoms with Gasteiger partial charge in [0.25, 0.3) is 0 Å². The minimum absolute atomic E-state index is 0.0758. The molecular formula is C17H19N3O. The molecule has 4 heteroatoms. The average Bonchev–Trinajstić information content (AvgIpc) is 2.52. The number of pyridine rings is 1. The summed E-state index contributed by atoms with van der Waals surface area (Å²) in [7, 11) is 0. The van der Waals surface area contributed by atoms with Gasteiger partial charge in [-0.05, 0) is 25.3 Å². The van der Waals surface area contributed by atoms with Gasteiger partial charge < -0.3 is 10.4 Å². The summed E-state index contributed by atoms with van der Waals surface area (Å²) in [6.45, 7) is 9.21. The van der Waals surface area contributed by atoms with E-state index in [1.165, 1.54) is 0 Å². The van der Waals surface area contributed by atoms with E-state index in [4.69, 9.17) is 0 Å². The van der Waals surface area contributed by atoms with E-state index in [1.54, 1.807) is 18.3 Å². The Morgan fingerprint density at radius 2 is 2.29 bits per heavy atom. The summed E-state index contributed by atoms with van der Waals surface area (Å²) in [5.74, 6) is 0.826. The van der Waals surface area contributed by atoms with Gasteiger partial charge in [0.2, 0.25) is 0 Å². The molecule has 0 bridgehead atoms. The second-order valence-corrected chi connectivity index (χ2v) is 4.63. The number of allylic oxidation sites excluding steroid dienone is 2. The Labute approximate surface area is 124 Å². The van der Waals surface area contributed by atoms with Crippen LogP contribution in [-0.4, -0.2) is 16.8 Å². The van der Waals surface area contributed by atoms with Gasteiger partial charge in [-0.2, -0.15) is 0 Å². The fourth-order valence-corrected chi connectivity index (χ4v) is 2.26. The molecule has 0 aliphatic rings. The molecule has 108 valence electrons. The molecule has 0 saturated heterocycles. The summed E-state index contributed by atoms with van der Waals surface area (Å²) in [6.07, 6.45) is 5.85. The van der Waals surface area contributed by atoms with Gasteiger partial charge in [0.05, 0.1) is 6.04 Å². The highest BCUT2D eigenvalue weighted by atomic mass is 16.3. The maximum absolute atomic E-state index is 10.5. The molecule has 2 aromatic rings. The summed E-state index contributed by atoms with van der Waals surface area (Å²) in [4.78, 5) is 8.16. The highest BCUT2D eigenvalue weighted by molar-refractivity contribution is 5.85. The van der Waals surface area contributed by atoms with E-state index in [0.717, 1.165) is 17.4 Å². The Morgan fingerprint density at radius 3 is 2.95 bits per heavy atom. The lowest BCUT2D eigenvalue weighted by Gasteiger charge is -2.20. The first kappa shape index (κ1) is 14.8. The monoisotopic (exact) mass is 281 g/mol. The number of hydrogen-bond donors (Lipinski definition) is 2. The standard InChI is InChI=1S/C17H19N3O/c1-4-7-15(18-3)20-14(5-2)13-10-9-12-8-6-11-19-16(12)17(13)21/h4,6-11,14,20-21H,1,3,5H2,2H3/b15-7+. The Morgan fingerprint density at radius 1 is 1.48 bits per heavy atom. The van der Waals surface area contributed by atoms with Crippen LogP contribution in [0, 0.1) is 0 Å². The van der Waals surface area contributed by atoms with Crippen molar-refractivity contribution >= 4 is 17.6 Å². The molecule has 0 radical (unpaired) electrons. The lowest BCUT2D eigenvalue weighted by atomic mass is 10.0. The molecule has 1 heterocycles. The van der Waals surface area contributed by atoms with Crippen molar-refractivity contribution in [1.29, 1.82) is 0 Å². The Bertz CT molecular complexity index is 691. The fourth-order valence-electron chi connectivity index (χ4n) is 2.26. The van der Waals surface area contributed by atoms with Gasteiger partial charge in [-0.1, -0.05) is 37.8 Å². The molecule has 1 aromatic carbocycles. The Kier molecular flexibility index (Phi) is 4.72. The highest BCUT2D eigenvalue weighted by Gasteiger charge is 2.16. The number of hydrogen-bond acceptors (Lipinski definition) is 4. The maximum atomic E-state index is 10.5. The molecule has 4 nitrogen and oxygen atoms in total. The fraction of sp³-hybridized carbons (Fsp3) is 0.176. The summed E-state index contributed by atoms with van der Waals surface area (Å²) < 4.78 is 0. The van der Waals surface area contributed by atoms with Gasteiger partial charge in [0.1, 0.15) is 17.1 Å². The first-order valence-corrected chi connectivity index (χ1v) is 6.83. The normalized spacial score (nSPS) is 12.9. The Hall–Kier alpha value is -2.62. The van der Waals surface area contributed by atoms with Crippen molar-refractivity contribution < 1.29 is 5.11 Å². The van der Waals surface area contributed by atoms with Gasteiger partial charge in [0, 0.05) is 17.1 Å². The second kappa shape index (κ2) is 6.70. The van der Waals surface area contributed by atoms with Crippen LogP contribution in [0.15, 0.2) is 60.0 Å². The number of phenolic OH excluding ortho intramolecular Hbond substituents is 1. The van der Waals surface area contributed by atoms with Crippen molar-refractivity contribution in [3.63, 3.8) is 0 Å². The third-order valence-electron chi connectivity index (χ3n) is 3.33. The average molecular weight is 281 g/mol. The molecule has 1 atom stereocenters. The van der Waals surface area contributed by atoms with Crippen molar-refractivity contribution in [1.82, 2.24) is 10.3 Å². The van der Waals surface area contributed by atoms with Crippen LogP contribution in [-0.2, 0) is 0 Å². The lowest BCUT2D eigenvalue weighted by Crippen LogP contribution is -2.19. The number of nitrogens with one attached hydrogen (secondary N) is 1. The van der Waals surface area contributed by atoms with Crippen LogP contribution in [0.25, 0.3) is 10.9 Å². The zero-order valence-corrected chi connectivity index (χ0v) is 12.1. The summed E-state index contributed by atoms with van der Waals surface area (Å²) in [5, 5.41) is 14.6. The molecule has 0 amide bonds. The number of aliphatic imine (C=N–C) groups is 1. The van der Waals surface area contributed by atoms with E-state index < -0.39 is 0 Å². The molecule has 0 aliphatic heterocycles. The molecule has 21 heavy (non-hydrogen) atoms. The van der Waals surface area contributed by atoms with E-state index in [1.807, 2.05) is 31.2 Å². The first-order chi connectivity index (χ1) is 10.2. The minimum Gasteiger partial charge on any atom is -0.505 e. The maximum Gasteiger partial charge on any atom is 0.147 e. The molecule has 2 N–H and O–H groups in total. The first-order valence-electron chi connectivity index (χ1n) is 6.83. The zero-order valence-electron chi connectivity index (χ0n) is 12.1. The van der Waals surface area contributed by atoms with E-state index >= 15 is 0 Å². The van der Waals surface area contributed by atoms with E-state index in [9.17, 15) is 5.11 Å². The second-order valence-electron chi connectivity index (χ2n) is 4.63. The van der Waals surface area contributed by atoms with Crippen LogP contribution < -0.4 is 5.32 Å². The van der Waals surface area contributed by atoms with Crippen molar-refractivity contribution in [2.75, 3.05) is 0 Å². The number of nitrogens with zero attached hydrogens (tertiary/aromatic N) is 2. The highest BCUT2D eigenvalue weighted by Crippen LogP contribution is 2.32. The summed E-state index contributed by atoms with van der Waals surface area (Å²) >= 11 is 0. The molecule has 1 unspecified atom stereocenters. The Balaban J connectivity index is 2.42. The minimum atomic E-state index is -0.0758. The molecule has 0 spiro atoms. The predicted octanol–water partition coefficient (Wildman–Crippen LogP) is 3.71. The van der Waals surface area contributed by atoms with Gasteiger partial charge in [0.15, 0.2) is 0 Å². The van der Waals surface area contributed by atoms with Crippen LogP contribution in [0.2, 0.25) is 0 Å². The van der Waals surface area contributed by atoms with Gasteiger partial charge in [-0.3, -0.25) is 4.98 Å². The summed E-state index contributed by atoms with van der Waals surface area (Å²) in [6, 6.07) is 7.57. The van der Waals surface area contributed by atoms with E-state index in [2.05, 4.69) is 28.6 Å². The number of fused-ring (bicyclic) bond motifs is 1. The topological polar surface area (TPSA) is 57.5 Å². The molecule has 1 aromatic heterocycles. The van der Waals surface area contributed by atoms with Gasteiger partial charge in [-0.15, -0.1) is 0 Å². The number of rotatable bonds is 6. The molecule has 0 aliphatic carbocycles. The zero-order chi connectivity index (χ0) is 15.2. The van der Waals surface area contributed by atoms with Crippen molar-refractivity contribution in [2.45, 2.75) is 19.4 Å². The van der Waals surface area contributed by atoms with E-state index in [-0.39, 0.29) is 11.8 Å². The predicted molar refractivity (Wildman–Crippen MR) is 87.4 cm³/mol. The third kappa shape index (κ3) is 3.11. The largest absolute Gasteiger partial charge is 0.505 e. The van der Waals surface area contributed by atoms with Crippen LogP contribution in [0.4, 0.5) is 0 Å². The number of aromatic nitrogens is 1. The summed E-state index contributed by atoms with van der Waals surface area (Å²) in [5.41, 5.74) is 1.40. The lowest BCUT2D eigenvalue weighted by molar-refractivity contribution is 0.455. The van der Waals surface area contributed by atoms with Crippen LogP contribution in [0.5, 0.6) is 5.75 Å². The SMILES string of the molecule is C=C/C=C(\N=C)NC(CC)c1ccc2cccnc2c1O. The van der Waals surface area contributed by atoms with Crippen molar-refractivity contribution in [3.8, 4) is 5.75 Å². The van der Waals surface area contributed by atoms with Crippen molar-refractivity contribution in [3.05, 3.63) is 60.6 Å². The van der Waals surface area contributed by atoms with Crippen molar-refractivity contribution in [2.24, 2.45) is 4.99 Å². The van der Waals surface area contributed by atoms with Gasteiger partial charge in [-0.25, -0.2) is 4.99 Å². The quantitative estimate of drug-likeness (QED) is 0.627.